The van der Waals surface area contributed by atoms with Crippen LogP contribution in [0.2, 0.25) is 0 Å². The number of aliphatic hydroxyl groups is 1. The van der Waals surface area contributed by atoms with Gasteiger partial charge in [0.2, 0.25) is 5.91 Å². The molecular formula is C10H17NO4. The molecule has 15 heavy (non-hydrogen) atoms. The number of carbonyl (C=O) groups excluding carboxylic acids is 2. The summed E-state index contributed by atoms with van der Waals surface area (Å²) < 4.78 is 4.85. The molecule has 5 nitrogen and oxygen atoms in total. The number of carbonyl (C=O) groups is 2. The molecule has 1 saturated heterocycles. The minimum Gasteiger partial charge on any atom is -0.466 e. The van der Waals surface area contributed by atoms with E-state index in [4.69, 9.17) is 9.84 Å². The number of rotatable bonds is 4. The van der Waals surface area contributed by atoms with Gasteiger partial charge >= 0.3 is 5.97 Å². The van der Waals surface area contributed by atoms with E-state index in [1.54, 1.807) is 13.8 Å². The zero-order valence-electron chi connectivity index (χ0n) is 9.10. The van der Waals surface area contributed by atoms with Crippen LogP contribution in [0.1, 0.15) is 20.3 Å². The Morgan fingerprint density at radius 2 is 2.40 bits per heavy atom. The highest BCUT2D eigenvalue weighted by molar-refractivity contribution is 5.86. The molecule has 1 fully saturated rings. The lowest BCUT2D eigenvalue weighted by atomic mass is 10.1. The molecule has 2 unspecified atom stereocenters. The van der Waals surface area contributed by atoms with Crippen molar-refractivity contribution in [2.24, 2.45) is 5.92 Å². The Balaban J connectivity index is 2.48. The second kappa shape index (κ2) is 5.11. The number of amides is 1. The number of hydrogen-bond acceptors (Lipinski definition) is 4. The first-order chi connectivity index (χ1) is 7.04. The zero-order valence-corrected chi connectivity index (χ0v) is 9.10. The maximum atomic E-state index is 11.4. The van der Waals surface area contributed by atoms with Crippen LogP contribution in [0, 0.1) is 5.92 Å². The van der Waals surface area contributed by atoms with E-state index in [1.807, 2.05) is 0 Å². The number of ether oxygens (including phenoxy) is 1. The summed E-state index contributed by atoms with van der Waals surface area (Å²) in [6.45, 7) is 4.34. The lowest BCUT2D eigenvalue weighted by molar-refractivity contribution is -0.147. The average molecular weight is 215 g/mol. The van der Waals surface area contributed by atoms with Gasteiger partial charge in [-0.3, -0.25) is 9.59 Å². The summed E-state index contributed by atoms with van der Waals surface area (Å²) in [6.07, 6.45) is -0.360. The van der Waals surface area contributed by atoms with E-state index < -0.39 is 6.10 Å². The van der Waals surface area contributed by atoms with Gasteiger partial charge in [0, 0.05) is 19.5 Å². The molecule has 1 N–H and O–H groups in total. The third kappa shape index (κ3) is 3.20. The van der Waals surface area contributed by atoms with Gasteiger partial charge in [-0.05, 0) is 13.8 Å². The Bertz CT molecular complexity index is 252. The molecule has 1 amide bonds. The van der Waals surface area contributed by atoms with Crippen LogP contribution in [-0.4, -0.2) is 47.7 Å². The second-order valence-corrected chi connectivity index (χ2v) is 3.80. The van der Waals surface area contributed by atoms with Crippen molar-refractivity contribution in [1.29, 1.82) is 0 Å². The van der Waals surface area contributed by atoms with Crippen LogP contribution in [0.3, 0.4) is 0 Å². The van der Waals surface area contributed by atoms with Crippen LogP contribution >= 0.6 is 0 Å². The maximum absolute atomic E-state index is 11.4. The molecule has 2 atom stereocenters. The highest BCUT2D eigenvalue weighted by atomic mass is 16.5. The molecule has 86 valence electrons. The SMILES string of the molecule is CCOC(=O)C1CC(=O)N(CC(C)O)C1. The highest BCUT2D eigenvalue weighted by Crippen LogP contribution is 2.19. The molecule has 0 bridgehead atoms. The van der Waals surface area contributed by atoms with Gasteiger partial charge in [-0.15, -0.1) is 0 Å². The molecule has 0 saturated carbocycles. The fourth-order valence-electron chi connectivity index (χ4n) is 1.69. The van der Waals surface area contributed by atoms with E-state index in [0.29, 0.717) is 13.2 Å². The first-order valence-electron chi connectivity index (χ1n) is 5.17. The van der Waals surface area contributed by atoms with Gasteiger partial charge in [-0.2, -0.15) is 0 Å². The third-order valence-electron chi connectivity index (χ3n) is 2.32. The first kappa shape index (κ1) is 12.0. The molecule has 0 aliphatic carbocycles. The second-order valence-electron chi connectivity index (χ2n) is 3.80. The normalized spacial score (nSPS) is 23.0. The topological polar surface area (TPSA) is 66.8 Å². The summed E-state index contributed by atoms with van der Waals surface area (Å²) in [5.74, 6) is -0.774. The van der Waals surface area contributed by atoms with Gasteiger partial charge in [0.05, 0.1) is 18.6 Å². The first-order valence-corrected chi connectivity index (χ1v) is 5.17. The highest BCUT2D eigenvalue weighted by Gasteiger charge is 2.35. The molecule has 0 radical (unpaired) electrons. The lowest BCUT2D eigenvalue weighted by Crippen LogP contribution is -2.33. The summed E-state index contributed by atoms with van der Waals surface area (Å²) in [6, 6.07) is 0. The van der Waals surface area contributed by atoms with Crippen molar-refractivity contribution < 1.29 is 19.4 Å². The van der Waals surface area contributed by atoms with Crippen LogP contribution in [-0.2, 0) is 14.3 Å². The van der Waals surface area contributed by atoms with Crippen molar-refractivity contribution in [1.82, 2.24) is 4.90 Å². The summed E-state index contributed by atoms with van der Waals surface area (Å²) >= 11 is 0. The van der Waals surface area contributed by atoms with Crippen molar-refractivity contribution in [2.75, 3.05) is 19.7 Å². The predicted octanol–water partition coefficient (Wildman–Crippen LogP) is -0.221. The third-order valence-corrected chi connectivity index (χ3v) is 2.32. The van der Waals surface area contributed by atoms with E-state index in [9.17, 15) is 9.59 Å². The number of β-amino-alcohol motifs (C(OH)–C–C–N with tert-alkyl or cyclic N) is 1. The Morgan fingerprint density at radius 3 is 2.93 bits per heavy atom. The molecule has 1 aliphatic rings. The number of nitrogens with zero attached hydrogens (tertiary/aromatic N) is 1. The number of aliphatic hydroxyl groups excluding tert-OH is 1. The van der Waals surface area contributed by atoms with Crippen molar-refractivity contribution >= 4 is 11.9 Å². The van der Waals surface area contributed by atoms with Crippen LogP contribution in [0.15, 0.2) is 0 Å². The molecule has 0 aromatic rings. The Morgan fingerprint density at radius 1 is 1.73 bits per heavy atom. The Labute approximate surface area is 89.0 Å². The van der Waals surface area contributed by atoms with Gasteiger partial charge in [-0.1, -0.05) is 0 Å². The summed E-state index contributed by atoms with van der Waals surface area (Å²) in [4.78, 5) is 24.3. The van der Waals surface area contributed by atoms with Crippen molar-refractivity contribution in [2.45, 2.75) is 26.4 Å². The molecule has 0 aromatic heterocycles. The van der Waals surface area contributed by atoms with Crippen molar-refractivity contribution in [3.8, 4) is 0 Å². The smallest absolute Gasteiger partial charge is 0.311 e. The molecule has 5 heteroatoms. The van der Waals surface area contributed by atoms with E-state index in [2.05, 4.69) is 0 Å². The van der Waals surface area contributed by atoms with Gasteiger partial charge < -0.3 is 14.7 Å². The summed E-state index contributed by atoms with van der Waals surface area (Å²) in [7, 11) is 0. The van der Waals surface area contributed by atoms with Crippen LogP contribution < -0.4 is 0 Å². The molecule has 1 rings (SSSR count). The monoisotopic (exact) mass is 215 g/mol. The van der Waals surface area contributed by atoms with E-state index >= 15 is 0 Å². The number of hydrogen-bond donors (Lipinski definition) is 1. The predicted molar refractivity (Wildman–Crippen MR) is 53.0 cm³/mol. The molecule has 0 spiro atoms. The van der Waals surface area contributed by atoms with Crippen molar-refractivity contribution in [3.05, 3.63) is 0 Å². The molecule has 1 heterocycles. The maximum Gasteiger partial charge on any atom is 0.311 e. The van der Waals surface area contributed by atoms with E-state index in [-0.39, 0.29) is 30.8 Å². The minimum absolute atomic E-state index is 0.0889. The molecular weight excluding hydrogens is 198 g/mol. The van der Waals surface area contributed by atoms with Gasteiger partial charge in [-0.25, -0.2) is 0 Å². The Kier molecular flexibility index (Phi) is 4.08. The number of likely N-dealkylation sites (tertiary alicyclic amines) is 1. The average Bonchev–Trinajstić information content (AvgIpc) is 2.47. The Hall–Kier alpha value is -1.10. The van der Waals surface area contributed by atoms with Gasteiger partial charge in [0.25, 0.3) is 0 Å². The summed E-state index contributed by atoms with van der Waals surface area (Å²) in [5, 5.41) is 9.15. The molecule has 1 aliphatic heterocycles. The lowest BCUT2D eigenvalue weighted by Gasteiger charge is -2.17. The fraction of sp³-hybridized carbons (Fsp3) is 0.800. The number of esters is 1. The standard InChI is InChI=1S/C10H17NO4/c1-3-15-10(14)8-4-9(13)11(6-8)5-7(2)12/h7-8,12H,3-6H2,1-2H3. The van der Waals surface area contributed by atoms with Crippen LogP contribution in [0.25, 0.3) is 0 Å². The fourth-order valence-corrected chi connectivity index (χ4v) is 1.69. The van der Waals surface area contributed by atoms with Gasteiger partial charge in [0.1, 0.15) is 0 Å². The van der Waals surface area contributed by atoms with Crippen molar-refractivity contribution in [3.63, 3.8) is 0 Å². The van der Waals surface area contributed by atoms with E-state index in [0.717, 1.165) is 0 Å². The summed E-state index contributed by atoms with van der Waals surface area (Å²) in [5.41, 5.74) is 0. The van der Waals surface area contributed by atoms with E-state index in [1.165, 1.54) is 4.90 Å². The molecule has 0 aromatic carbocycles. The van der Waals surface area contributed by atoms with Gasteiger partial charge in [0.15, 0.2) is 0 Å². The van der Waals surface area contributed by atoms with Crippen LogP contribution in [0.4, 0.5) is 0 Å². The van der Waals surface area contributed by atoms with Crippen LogP contribution in [0.5, 0.6) is 0 Å². The minimum atomic E-state index is -0.560. The largest absolute Gasteiger partial charge is 0.466 e. The zero-order chi connectivity index (χ0) is 11.4. The quantitative estimate of drug-likeness (QED) is 0.658.